The van der Waals surface area contributed by atoms with Crippen molar-refractivity contribution in [3.05, 3.63) is 42.0 Å². The second kappa shape index (κ2) is 10.7. The van der Waals surface area contributed by atoms with Crippen LogP contribution in [0.15, 0.2) is 36.4 Å². The van der Waals surface area contributed by atoms with Crippen LogP contribution in [0.1, 0.15) is 37.6 Å². The van der Waals surface area contributed by atoms with Crippen LogP contribution in [0.5, 0.6) is 0 Å². The largest absolute Gasteiger partial charge is 0.365 e. The van der Waals surface area contributed by atoms with E-state index in [-0.39, 0.29) is 17.1 Å². The standard InChI is InChI=1S/C25H38N4O2/c1-19(30)20-8-9-22-15-23(11-10-21(22)14-20)28(6)16-24(31)29(13-7-12-26)18-25(2,3)17-27(4)5/h8-11,14-15H,7,12-13,16-18,26H2,1-6H3. The summed E-state index contributed by atoms with van der Waals surface area (Å²) in [5, 5.41) is 2.07. The van der Waals surface area contributed by atoms with Gasteiger partial charge >= 0.3 is 0 Å². The zero-order valence-electron chi connectivity index (χ0n) is 19.9. The Labute approximate surface area is 187 Å². The van der Waals surface area contributed by atoms with Crippen molar-refractivity contribution < 1.29 is 9.59 Å². The van der Waals surface area contributed by atoms with E-state index in [1.54, 1.807) is 6.92 Å². The van der Waals surface area contributed by atoms with E-state index < -0.39 is 0 Å². The molecule has 0 aromatic heterocycles. The van der Waals surface area contributed by atoms with Crippen molar-refractivity contribution in [3.8, 4) is 0 Å². The van der Waals surface area contributed by atoms with Gasteiger partial charge in [-0.15, -0.1) is 0 Å². The lowest BCUT2D eigenvalue weighted by atomic mass is 9.92. The van der Waals surface area contributed by atoms with Gasteiger partial charge in [0.2, 0.25) is 5.91 Å². The lowest BCUT2D eigenvalue weighted by Gasteiger charge is -2.35. The highest BCUT2D eigenvalue weighted by Gasteiger charge is 2.26. The fourth-order valence-corrected chi connectivity index (χ4v) is 4.08. The predicted octanol–water partition coefficient (Wildman–Crippen LogP) is 3.24. The number of hydrogen-bond donors (Lipinski definition) is 1. The second-order valence-electron chi connectivity index (χ2n) is 9.52. The molecule has 0 aliphatic rings. The first-order chi connectivity index (χ1) is 14.5. The summed E-state index contributed by atoms with van der Waals surface area (Å²) in [6.45, 7) is 9.11. The maximum absolute atomic E-state index is 13.2. The van der Waals surface area contributed by atoms with E-state index in [1.165, 1.54) is 0 Å². The third-order valence-electron chi connectivity index (χ3n) is 5.39. The molecule has 1 amide bonds. The molecule has 2 aromatic carbocycles. The van der Waals surface area contributed by atoms with Crippen LogP contribution in [0.4, 0.5) is 5.69 Å². The molecule has 2 N–H and O–H groups in total. The molecule has 0 spiro atoms. The zero-order chi connectivity index (χ0) is 23.2. The molecule has 31 heavy (non-hydrogen) atoms. The molecule has 6 nitrogen and oxygen atoms in total. The van der Waals surface area contributed by atoms with Crippen LogP contribution >= 0.6 is 0 Å². The van der Waals surface area contributed by atoms with E-state index in [2.05, 4.69) is 38.9 Å². The van der Waals surface area contributed by atoms with E-state index in [0.29, 0.717) is 31.7 Å². The third kappa shape index (κ3) is 7.33. The smallest absolute Gasteiger partial charge is 0.242 e. The average Bonchev–Trinajstić information content (AvgIpc) is 2.68. The number of hydrogen-bond acceptors (Lipinski definition) is 5. The Balaban J connectivity index is 2.14. The monoisotopic (exact) mass is 426 g/mol. The number of rotatable bonds is 11. The first-order valence-corrected chi connectivity index (χ1v) is 10.9. The summed E-state index contributed by atoms with van der Waals surface area (Å²) in [4.78, 5) is 30.9. The predicted molar refractivity (Wildman–Crippen MR) is 130 cm³/mol. The highest BCUT2D eigenvalue weighted by atomic mass is 16.2. The van der Waals surface area contributed by atoms with Crippen LogP contribution in [-0.2, 0) is 4.79 Å². The number of fused-ring (bicyclic) bond motifs is 1. The summed E-state index contributed by atoms with van der Waals surface area (Å²) in [5.74, 6) is 0.165. The van der Waals surface area contributed by atoms with Crippen LogP contribution in [0.25, 0.3) is 10.8 Å². The van der Waals surface area contributed by atoms with Gasteiger partial charge in [-0.2, -0.15) is 0 Å². The second-order valence-corrected chi connectivity index (χ2v) is 9.52. The van der Waals surface area contributed by atoms with E-state index in [1.807, 2.05) is 47.2 Å². The third-order valence-corrected chi connectivity index (χ3v) is 5.39. The number of carbonyl (C=O) groups excluding carboxylic acids is 2. The summed E-state index contributed by atoms with van der Waals surface area (Å²) in [6.07, 6.45) is 0.794. The molecule has 2 rings (SSSR count). The van der Waals surface area contributed by atoms with Crippen LogP contribution < -0.4 is 10.6 Å². The zero-order valence-corrected chi connectivity index (χ0v) is 19.9. The highest BCUT2D eigenvalue weighted by molar-refractivity contribution is 5.99. The lowest BCUT2D eigenvalue weighted by Crippen LogP contribution is -2.46. The first-order valence-electron chi connectivity index (χ1n) is 10.9. The summed E-state index contributed by atoms with van der Waals surface area (Å²) < 4.78 is 0. The van der Waals surface area contributed by atoms with Crippen LogP contribution in [-0.4, -0.2) is 75.4 Å². The molecule has 0 heterocycles. The van der Waals surface area contributed by atoms with E-state index in [9.17, 15) is 9.59 Å². The van der Waals surface area contributed by atoms with Gasteiger partial charge in [0.15, 0.2) is 5.78 Å². The molecule has 0 atom stereocenters. The Hall–Kier alpha value is -2.44. The van der Waals surface area contributed by atoms with Crippen molar-refractivity contribution in [3.63, 3.8) is 0 Å². The summed E-state index contributed by atoms with van der Waals surface area (Å²) >= 11 is 0. The molecule has 0 fully saturated rings. The van der Waals surface area contributed by atoms with Crippen molar-refractivity contribution in [1.82, 2.24) is 9.80 Å². The summed E-state index contributed by atoms with van der Waals surface area (Å²) in [6, 6.07) is 11.8. The number of carbonyl (C=O) groups is 2. The maximum atomic E-state index is 13.2. The van der Waals surface area contributed by atoms with Crippen molar-refractivity contribution in [2.75, 3.05) is 58.8 Å². The van der Waals surface area contributed by atoms with Gasteiger partial charge in [-0.25, -0.2) is 0 Å². The molecular weight excluding hydrogens is 388 g/mol. The van der Waals surface area contributed by atoms with Gasteiger partial charge in [0.25, 0.3) is 0 Å². The fraction of sp³-hybridized carbons (Fsp3) is 0.520. The molecule has 6 heteroatoms. The molecular formula is C25H38N4O2. The average molecular weight is 427 g/mol. The number of amides is 1. The minimum Gasteiger partial charge on any atom is -0.365 e. The van der Waals surface area contributed by atoms with E-state index in [0.717, 1.165) is 29.4 Å². The summed E-state index contributed by atoms with van der Waals surface area (Å²) in [5.41, 5.74) is 7.39. The van der Waals surface area contributed by atoms with Gasteiger partial charge in [-0.05, 0) is 68.4 Å². The van der Waals surface area contributed by atoms with Crippen LogP contribution in [0.2, 0.25) is 0 Å². The van der Waals surface area contributed by atoms with Crippen molar-refractivity contribution in [2.45, 2.75) is 27.2 Å². The van der Waals surface area contributed by atoms with Crippen molar-refractivity contribution in [2.24, 2.45) is 11.1 Å². The molecule has 170 valence electrons. The van der Waals surface area contributed by atoms with Gasteiger partial charge < -0.3 is 20.4 Å². The van der Waals surface area contributed by atoms with Gasteiger partial charge in [-0.1, -0.05) is 32.0 Å². The number of anilines is 1. The molecule has 2 aromatic rings. The molecule has 0 saturated carbocycles. The minimum atomic E-state index is -0.0102. The van der Waals surface area contributed by atoms with E-state index in [4.69, 9.17) is 5.73 Å². The molecule has 0 saturated heterocycles. The lowest BCUT2D eigenvalue weighted by molar-refractivity contribution is -0.131. The number of nitrogens with zero attached hydrogens (tertiary/aromatic N) is 3. The number of benzene rings is 2. The SMILES string of the molecule is CC(=O)c1ccc2cc(N(C)CC(=O)N(CCCN)CC(C)(C)CN(C)C)ccc2c1. The number of Topliss-reactive ketones (excluding diaryl/α,β-unsaturated/α-hetero) is 1. The summed E-state index contributed by atoms with van der Waals surface area (Å²) in [7, 11) is 6.05. The molecule has 0 radical (unpaired) electrons. The molecule has 0 bridgehead atoms. The normalized spacial score (nSPS) is 11.7. The van der Waals surface area contributed by atoms with Gasteiger partial charge in [0.1, 0.15) is 0 Å². The van der Waals surface area contributed by atoms with Gasteiger partial charge in [0, 0.05) is 37.9 Å². The number of likely N-dealkylation sites (N-methyl/N-ethyl adjacent to an activating group) is 1. The first kappa shape index (κ1) is 24.8. The van der Waals surface area contributed by atoms with Crippen LogP contribution in [0, 0.1) is 5.41 Å². The molecule has 0 aliphatic heterocycles. The minimum absolute atomic E-state index is 0.0102. The Morgan fingerprint density at radius 1 is 0.968 bits per heavy atom. The Morgan fingerprint density at radius 2 is 1.61 bits per heavy atom. The van der Waals surface area contributed by atoms with Gasteiger partial charge in [0.05, 0.1) is 6.54 Å². The number of nitrogens with two attached hydrogens (primary N) is 1. The highest BCUT2D eigenvalue weighted by Crippen LogP contribution is 2.24. The Morgan fingerprint density at radius 3 is 2.23 bits per heavy atom. The van der Waals surface area contributed by atoms with Crippen molar-refractivity contribution >= 4 is 28.2 Å². The van der Waals surface area contributed by atoms with E-state index >= 15 is 0 Å². The Bertz CT molecular complexity index is 908. The molecule has 0 aliphatic carbocycles. The fourth-order valence-electron chi connectivity index (χ4n) is 4.08. The topological polar surface area (TPSA) is 69.9 Å². The van der Waals surface area contributed by atoms with Crippen molar-refractivity contribution in [1.29, 1.82) is 0 Å². The quantitative estimate of drug-likeness (QED) is 0.559. The maximum Gasteiger partial charge on any atom is 0.242 e. The molecule has 0 unspecified atom stereocenters. The van der Waals surface area contributed by atoms with Crippen LogP contribution in [0.3, 0.4) is 0 Å². The number of ketones is 1. The van der Waals surface area contributed by atoms with Gasteiger partial charge in [-0.3, -0.25) is 9.59 Å². The Kier molecular flexibility index (Phi) is 8.60.